The molecular weight excluding hydrogens is 546 g/mol. The second kappa shape index (κ2) is 15.1. The van der Waals surface area contributed by atoms with Gasteiger partial charge in [0.05, 0.1) is 13.2 Å². The highest BCUT2D eigenvalue weighted by atomic mass is 32.1. The maximum absolute atomic E-state index is 11.2. The number of phenols is 1. The van der Waals surface area contributed by atoms with Gasteiger partial charge in [0.25, 0.3) is 0 Å². The molecule has 2 heterocycles. The van der Waals surface area contributed by atoms with Gasteiger partial charge in [0, 0.05) is 30.5 Å². The molecule has 0 saturated carbocycles. The first-order valence-electron chi connectivity index (χ1n) is 13.0. The first kappa shape index (κ1) is 31.5. The molecule has 41 heavy (non-hydrogen) atoms. The summed E-state index contributed by atoms with van der Waals surface area (Å²) in [5.41, 5.74) is 15.4. The van der Waals surface area contributed by atoms with E-state index in [4.69, 9.17) is 26.8 Å². The van der Waals surface area contributed by atoms with E-state index in [1.54, 1.807) is 28.1 Å². The SMILES string of the molecule is Cc1cn(-c2ccc3c(c2)CCC3)c(O)c1N=Nc1cccc(-c2csc(C(=O)O)c2)c1O.NCCO.NCCO. The van der Waals surface area contributed by atoms with Crippen LogP contribution in [0.5, 0.6) is 11.6 Å². The van der Waals surface area contributed by atoms with Gasteiger partial charge in [-0.05, 0) is 78.1 Å². The van der Waals surface area contributed by atoms with Gasteiger partial charge in [-0.1, -0.05) is 18.2 Å². The lowest BCUT2D eigenvalue weighted by Crippen LogP contribution is -2.02. The number of aromatic hydroxyl groups is 2. The number of hydrogen-bond donors (Lipinski definition) is 7. The van der Waals surface area contributed by atoms with Crippen LogP contribution in [-0.4, -0.2) is 62.4 Å². The van der Waals surface area contributed by atoms with Gasteiger partial charge in [0.2, 0.25) is 5.88 Å². The molecule has 0 atom stereocenters. The van der Waals surface area contributed by atoms with Gasteiger partial charge in [0.15, 0.2) is 11.4 Å². The number of thiophene rings is 1. The second-order valence-electron chi connectivity index (χ2n) is 9.06. The van der Waals surface area contributed by atoms with Crippen molar-refractivity contribution in [1.29, 1.82) is 0 Å². The van der Waals surface area contributed by atoms with Crippen LogP contribution in [0, 0.1) is 6.92 Å². The number of hydrogen-bond acceptors (Lipinski definition) is 10. The Balaban J connectivity index is 0.000000515. The van der Waals surface area contributed by atoms with Gasteiger partial charge in [-0.15, -0.1) is 21.6 Å². The van der Waals surface area contributed by atoms with Crippen molar-refractivity contribution >= 4 is 28.7 Å². The van der Waals surface area contributed by atoms with Gasteiger partial charge in [-0.2, -0.15) is 0 Å². The molecule has 12 heteroatoms. The van der Waals surface area contributed by atoms with Crippen LogP contribution in [0.4, 0.5) is 11.4 Å². The molecule has 11 nitrogen and oxygen atoms in total. The van der Waals surface area contributed by atoms with E-state index in [-0.39, 0.29) is 35.4 Å². The number of benzene rings is 2. The van der Waals surface area contributed by atoms with Crippen molar-refractivity contribution in [2.45, 2.75) is 26.2 Å². The Kier molecular flexibility index (Phi) is 11.6. The van der Waals surface area contributed by atoms with Crippen molar-refractivity contribution in [3.05, 3.63) is 75.6 Å². The highest BCUT2D eigenvalue weighted by Gasteiger charge is 2.18. The van der Waals surface area contributed by atoms with E-state index in [2.05, 4.69) is 22.4 Å². The van der Waals surface area contributed by atoms with E-state index in [1.165, 1.54) is 17.2 Å². The van der Waals surface area contributed by atoms with Crippen molar-refractivity contribution in [3.8, 4) is 28.4 Å². The molecule has 0 saturated heterocycles. The van der Waals surface area contributed by atoms with Gasteiger partial charge in [-0.25, -0.2) is 4.79 Å². The molecule has 1 aliphatic rings. The zero-order valence-electron chi connectivity index (χ0n) is 22.7. The summed E-state index contributed by atoms with van der Waals surface area (Å²) in [7, 11) is 0. The van der Waals surface area contributed by atoms with Gasteiger partial charge < -0.3 is 37.0 Å². The van der Waals surface area contributed by atoms with Crippen LogP contribution in [0.2, 0.25) is 0 Å². The first-order chi connectivity index (χ1) is 19.7. The van der Waals surface area contributed by atoms with Crippen molar-refractivity contribution in [3.63, 3.8) is 0 Å². The number of carboxylic acids is 1. The molecular formula is C29H35N5O6S. The van der Waals surface area contributed by atoms with E-state index in [0.29, 0.717) is 29.9 Å². The molecule has 9 N–H and O–H groups in total. The second-order valence-corrected chi connectivity index (χ2v) is 9.97. The maximum atomic E-state index is 11.2. The standard InChI is InChI=1S/C25H21N3O4S.2C2H7NO/c1-14-12-28(18-9-8-15-4-2-5-16(15)10-18)24(30)22(14)27-26-20-7-3-6-19(23(20)29)17-11-21(25(31)32)33-13-17;2*3-1-2-4/h3,6-13,29-30H,2,4-5H2,1H3,(H,31,32);2*4H,1-3H2. The molecule has 0 amide bonds. The number of aliphatic hydroxyl groups excluding tert-OH is 2. The number of aryl methyl sites for hydroxylation is 3. The third-order valence-electron chi connectivity index (χ3n) is 6.15. The number of carbonyl (C=O) groups is 1. The number of aliphatic hydroxyl groups is 2. The van der Waals surface area contributed by atoms with Crippen LogP contribution in [-0.2, 0) is 12.8 Å². The summed E-state index contributed by atoms with van der Waals surface area (Å²) in [6, 6.07) is 12.7. The Hall–Kier alpha value is -4.07. The minimum atomic E-state index is -1.01. The number of nitrogens with zero attached hydrogens (tertiary/aromatic N) is 3. The van der Waals surface area contributed by atoms with Crippen molar-refractivity contribution in [1.82, 2.24) is 4.57 Å². The molecule has 0 unspecified atom stereocenters. The summed E-state index contributed by atoms with van der Waals surface area (Å²) < 4.78 is 1.69. The number of fused-ring (bicyclic) bond motifs is 1. The predicted molar refractivity (Wildman–Crippen MR) is 159 cm³/mol. The number of carboxylic acid groups (broad SMARTS) is 1. The summed E-state index contributed by atoms with van der Waals surface area (Å²) in [5, 5.41) is 56.3. The Morgan fingerprint density at radius 2 is 1.68 bits per heavy atom. The van der Waals surface area contributed by atoms with E-state index in [9.17, 15) is 15.0 Å². The number of aromatic nitrogens is 1. The van der Waals surface area contributed by atoms with E-state index < -0.39 is 5.97 Å². The molecule has 0 radical (unpaired) electrons. The van der Waals surface area contributed by atoms with E-state index in [0.717, 1.165) is 41.9 Å². The molecule has 0 bridgehead atoms. The Morgan fingerprint density at radius 3 is 2.32 bits per heavy atom. The minimum absolute atomic E-state index is 0.0197. The maximum Gasteiger partial charge on any atom is 0.345 e. The van der Waals surface area contributed by atoms with Gasteiger partial charge in [-0.3, -0.25) is 4.57 Å². The van der Waals surface area contributed by atoms with Crippen LogP contribution in [0.15, 0.2) is 64.3 Å². The summed E-state index contributed by atoms with van der Waals surface area (Å²) in [6.45, 7) is 2.78. The number of nitrogens with two attached hydrogens (primary N) is 2. The highest BCUT2D eigenvalue weighted by Crippen LogP contribution is 2.41. The van der Waals surface area contributed by atoms with E-state index >= 15 is 0 Å². The average Bonchev–Trinajstić information content (AvgIpc) is 3.72. The van der Waals surface area contributed by atoms with Crippen LogP contribution in [0.25, 0.3) is 16.8 Å². The minimum Gasteiger partial charge on any atom is -0.505 e. The van der Waals surface area contributed by atoms with Crippen molar-refractivity contribution < 1.29 is 30.3 Å². The zero-order valence-corrected chi connectivity index (χ0v) is 23.5. The number of aromatic carboxylic acids is 1. The highest BCUT2D eigenvalue weighted by molar-refractivity contribution is 7.12. The summed E-state index contributed by atoms with van der Waals surface area (Å²) >= 11 is 1.09. The molecule has 1 aliphatic carbocycles. The van der Waals surface area contributed by atoms with Crippen LogP contribution >= 0.6 is 11.3 Å². The van der Waals surface area contributed by atoms with Crippen molar-refractivity contribution in [2.75, 3.05) is 26.3 Å². The third kappa shape index (κ3) is 7.78. The third-order valence-corrected chi connectivity index (χ3v) is 7.07. The molecule has 5 rings (SSSR count). The molecule has 218 valence electrons. The van der Waals surface area contributed by atoms with Gasteiger partial charge in [0.1, 0.15) is 10.6 Å². The summed E-state index contributed by atoms with van der Waals surface area (Å²) in [5.74, 6) is -1.14. The fraction of sp³-hybridized carbons (Fsp3) is 0.276. The fourth-order valence-corrected chi connectivity index (χ4v) is 4.92. The number of rotatable bonds is 7. The molecule has 0 spiro atoms. The lowest BCUT2D eigenvalue weighted by atomic mass is 10.1. The van der Waals surface area contributed by atoms with Crippen LogP contribution < -0.4 is 11.5 Å². The van der Waals surface area contributed by atoms with Crippen molar-refractivity contribution in [2.24, 2.45) is 21.7 Å². The predicted octanol–water partition coefficient (Wildman–Crippen LogP) is 4.40. The number of phenolic OH excluding ortho intramolecular Hbond substituents is 1. The largest absolute Gasteiger partial charge is 0.505 e. The normalized spacial score (nSPS) is 11.9. The Bertz CT molecular complexity index is 1490. The first-order valence-corrected chi connectivity index (χ1v) is 13.8. The summed E-state index contributed by atoms with van der Waals surface area (Å²) in [6.07, 6.45) is 5.11. The number of para-hydroxylation sites is 1. The van der Waals surface area contributed by atoms with E-state index in [1.807, 2.05) is 19.2 Å². The van der Waals surface area contributed by atoms with Crippen LogP contribution in [0.1, 0.15) is 32.8 Å². The smallest absolute Gasteiger partial charge is 0.345 e. The molecule has 2 aromatic heterocycles. The Morgan fingerprint density at radius 1 is 1.00 bits per heavy atom. The van der Waals surface area contributed by atoms with Crippen LogP contribution in [0.3, 0.4) is 0 Å². The quantitative estimate of drug-likeness (QED) is 0.156. The molecule has 0 fully saturated rings. The number of azo groups is 1. The topological polar surface area (TPSA) is 200 Å². The zero-order chi connectivity index (χ0) is 29.9. The molecule has 2 aromatic carbocycles. The fourth-order valence-electron chi connectivity index (χ4n) is 4.17. The lowest BCUT2D eigenvalue weighted by Gasteiger charge is -2.07. The lowest BCUT2D eigenvalue weighted by molar-refractivity contribution is 0.0702. The molecule has 4 aromatic rings. The van der Waals surface area contributed by atoms with Gasteiger partial charge >= 0.3 is 5.97 Å². The monoisotopic (exact) mass is 581 g/mol. The molecule has 0 aliphatic heterocycles. The average molecular weight is 582 g/mol. The summed E-state index contributed by atoms with van der Waals surface area (Å²) in [4.78, 5) is 11.4. The Labute approximate surface area is 241 Å².